The Balaban J connectivity index is 2.27. The summed E-state index contributed by atoms with van der Waals surface area (Å²) in [6.07, 6.45) is -0.692. The van der Waals surface area contributed by atoms with E-state index in [1.54, 1.807) is 37.3 Å². The Hall–Kier alpha value is -2.11. The van der Waals surface area contributed by atoms with E-state index in [9.17, 15) is 15.2 Å². The van der Waals surface area contributed by atoms with E-state index in [4.69, 9.17) is 16.3 Å². The number of hydrogen-bond acceptors (Lipinski definition) is 4. The average molecular weight is 308 g/mol. The monoisotopic (exact) mass is 307 g/mol. The third kappa shape index (κ3) is 3.51. The highest BCUT2D eigenvalue weighted by atomic mass is 35.5. The molecule has 0 aliphatic rings. The van der Waals surface area contributed by atoms with Crippen molar-refractivity contribution in [3.63, 3.8) is 0 Å². The van der Waals surface area contributed by atoms with Crippen molar-refractivity contribution in [3.8, 4) is 5.75 Å². The molecule has 110 valence electrons. The predicted molar refractivity (Wildman–Crippen MR) is 79.5 cm³/mol. The largest absolute Gasteiger partial charge is 0.488 e. The van der Waals surface area contributed by atoms with Crippen LogP contribution < -0.4 is 4.74 Å². The van der Waals surface area contributed by atoms with Crippen LogP contribution in [0.1, 0.15) is 24.2 Å². The molecule has 0 saturated heterocycles. The van der Waals surface area contributed by atoms with Crippen molar-refractivity contribution in [1.82, 2.24) is 0 Å². The van der Waals surface area contributed by atoms with Gasteiger partial charge in [0.2, 0.25) is 0 Å². The van der Waals surface area contributed by atoms with Crippen molar-refractivity contribution in [2.45, 2.75) is 19.6 Å². The standard InChI is InChI=1S/C15H14ClNO4/c1-10(18)11-5-2-3-8-15(11)21-9-12-13(16)6-4-7-14(12)17(19)20/h2-8,10,18H,9H2,1H3. The first kappa shape index (κ1) is 15.3. The molecule has 6 heteroatoms. The molecule has 0 spiro atoms. The van der Waals surface area contributed by atoms with Gasteiger partial charge < -0.3 is 9.84 Å². The normalized spacial score (nSPS) is 12.0. The molecule has 0 heterocycles. The smallest absolute Gasteiger partial charge is 0.277 e. The minimum absolute atomic E-state index is 0.0419. The number of halogens is 1. The Morgan fingerprint density at radius 3 is 2.67 bits per heavy atom. The number of ether oxygens (including phenoxy) is 1. The molecule has 2 aromatic carbocycles. The Bertz CT molecular complexity index is 658. The van der Waals surface area contributed by atoms with Crippen molar-refractivity contribution in [3.05, 3.63) is 68.7 Å². The number of benzene rings is 2. The van der Waals surface area contributed by atoms with Gasteiger partial charge in [-0.1, -0.05) is 35.9 Å². The fourth-order valence-corrected chi connectivity index (χ4v) is 2.19. The van der Waals surface area contributed by atoms with Crippen LogP contribution in [0.15, 0.2) is 42.5 Å². The zero-order valence-corrected chi connectivity index (χ0v) is 12.1. The number of aliphatic hydroxyl groups excluding tert-OH is 1. The summed E-state index contributed by atoms with van der Waals surface area (Å²) in [7, 11) is 0. The van der Waals surface area contributed by atoms with Gasteiger partial charge in [0.15, 0.2) is 0 Å². The molecule has 0 radical (unpaired) electrons. The van der Waals surface area contributed by atoms with Crippen LogP contribution in [0.3, 0.4) is 0 Å². The summed E-state index contributed by atoms with van der Waals surface area (Å²) < 4.78 is 5.61. The molecule has 0 bridgehead atoms. The minimum Gasteiger partial charge on any atom is -0.488 e. The molecule has 1 N–H and O–H groups in total. The number of hydrogen-bond donors (Lipinski definition) is 1. The second kappa shape index (κ2) is 6.56. The Morgan fingerprint density at radius 2 is 2.00 bits per heavy atom. The second-order valence-electron chi connectivity index (χ2n) is 4.50. The number of rotatable bonds is 5. The van der Waals surface area contributed by atoms with E-state index < -0.39 is 11.0 Å². The van der Waals surface area contributed by atoms with Gasteiger partial charge in [-0.05, 0) is 19.1 Å². The summed E-state index contributed by atoms with van der Waals surface area (Å²) in [6, 6.07) is 11.5. The molecule has 1 atom stereocenters. The Kier molecular flexibility index (Phi) is 4.77. The van der Waals surface area contributed by atoms with Crippen molar-refractivity contribution in [2.24, 2.45) is 0 Å². The quantitative estimate of drug-likeness (QED) is 0.672. The van der Waals surface area contributed by atoms with Gasteiger partial charge in [-0.25, -0.2) is 0 Å². The summed E-state index contributed by atoms with van der Waals surface area (Å²) in [5.41, 5.74) is 0.841. The predicted octanol–water partition coefficient (Wildman–Crippen LogP) is 3.88. The Labute approximate surface area is 126 Å². The first-order chi connectivity index (χ1) is 10.0. The topological polar surface area (TPSA) is 72.6 Å². The van der Waals surface area contributed by atoms with Crippen LogP contribution in [-0.2, 0) is 6.61 Å². The summed E-state index contributed by atoms with van der Waals surface area (Å²) >= 11 is 6.01. The molecule has 0 aromatic heterocycles. The lowest BCUT2D eigenvalue weighted by Crippen LogP contribution is -2.04. The summed E-state index contributed by atoms with van der Waals surface area (Å²) in [5.74, 6) is 0.474. The van der Waals surface area contributed by atoms with Gasteiger partial charge in [0, 0.05) is 11.6 Å². The van der Waals surface area contributed by atoms with E-state index in [1.165, 1.54) is 12.1 Å². The Morgan fingerprint density at radius 1 is 1.29 bits per heavy atom. The molecule has 1 unspecified atom stereocenters. The lowest BCUT2D eigenvalue weighted by atomic mass is 10.1. The van der Waals surface area contributed by atoms with E-state index in [0.717, 1.165) is 0 Å². The third-order valence-electron chi connectivity index (χ3n) is 3.03. The van der Waals surface area contributed by atoms with Crippen LogP contribution in [0.2, 0.25) is 5.02 Å². The molecule has 2 aromatic rings. The molecule has 21 heavy (non-hydrogen) atoms. The zero-order valence-electron chi connectivity index (χ0n) is 11.3. The second-order valence-corrected chi connectivity index (χ2v) is 4.90. The molecule has 5 nitrogen and oxygen atoms in total. The summed E-state index contributed by atoms with van der Waals surface area (Å²) in [6.45, 7) is 1.58. The van der Waals surface area contributed by atoms with Crippen LogP contribution in [0.4, 0.5) is 5.69 Å². The van der Waals surface area contributed by atoms with Gasteiger partial charge in [-0.3, -0.25) is 10.1 Å². The maximum absolute atomic E-state index is 11.0. The number of nitrogens with zero attached hydrogens (tertiary/aromatic N) is 1. The van der Waals surface area contributed by atoms with Gasteiger partial charge in [0.1, 0.15) is 12.4 Å². The lowest BCUT2D eigenvalue weighted by molar-refractivity contribution is -0.385. The van der Waals surface area contributed by atoms with Crippen molar-refractivity contribution in [2.75, 3.05) is 0 Å². The van der Waals surface area contributed by atoms with E-state index in [1.807, 2.05) is 0 Å². The van der Waals surface area contributed by atoms with Gasteiger partial charge in [0.25, 0.3) is 5.69 Å². The third-order valence-corrected chi connectivity index (χ3v) is 3.39. The van der Waals surface area contributed by atoms with Crippen LogP contribution in [-0.4, -0.2) is 10.0 Å². The molecule has 0 aliphatic carbocycles. The molecular formula is C15H14ClNO4. The first-order valence-electron chi connectivity index (χ1n) is 6.32. The molecule has 0 aliphatic heterocycles. The molecule has 0 saturated carbocycles. The highest BCUT2D eigenvalue weighted by Crippen LogP contribution is 2.30. The minimum atomic E-state index is -0.692. The fourth-order valence-electron chi connectivity index (χ4n) is 1.97. The van der Waals surface area contributed by atoms with Crippen molar-refractivity contribution < 1.29 is 14.8 Å². The number of nitro benzene ring substituents is 1. The van der Waals surface area contributed by atoms with Crippen LogP contribution in [0, 0.1) is 10.1 Å². The molecule has 2 rings (SSSR count). The van der Waals surface area contributed by atoms with Crippen molar-refractivity contribution in [1.29, 1.82) is 0 Å². The van der Waals surface area contributed by atoms with E-state index in [2.05, 4.69) is 0 Å². The molecule has 0 amide bonds. The SMILES string of the molecule is CC(O)c1ccccc1OCc1c(Cl)cccc1[N+](=O)[O-]. The summed E-state index contributed by atoms with van der Waals surface area (Å²) in [5, 5.41) is 21.0. The first-order valence-corrected chi connectivity index (χ1v) is 6.70. The number of aliphatic hydroxyl groups is 1. The fraction of sp³-hybridized carbons (Fsp3) is 0.200. The maximum atomic E-state index is 11.0. The number of nitro groups is 1. The van der Waals surface area contributed by atoms with E-state index >= 15 is 0 Å². The summed E-state index contributed by atoms with van der Waals surface area (Å²) in [4.78, 5) is 10.5. The van der Waals surface area contributed by atoms with Crippen molar-refractivity contribution >= 4 is 17.3 Å². The maximum Gasteiger partial charge on any atom is 0.277 e. The molecule has 0 fully saturated rings. The zero-order chi connectivity index (χ0) is 15.4. The van der Waals surface area contributed by atoms with Gasteiger partial charge in [0.05, 0.1) is 21.6 Å². The average Bonchev–Trinajstić information content (AvgIpc) is 2.45. The van der Waals surface area contributed by atoms with Crippen LogP contribution >= 0.6 is 11.6 Å². The van der Waals surface area contributed by atoms with Gasteiger partial charge in [-0.2, -0.15) is 0 Å². The van der Waals surface area contributed by atoms with Crippen LogP contribution in [0.5, 0.6) is 5.75 Å². The lowest BCUT2D eigenvalue weighted by Gasteiger charge is -2.13. The van der Waals surface area contributed by atoms with Gasteiger partial charge in [-0.15, -0.1) is 0 Å². The van der Waals surface area contributed by atoms with E-state index in [-0.39, 0.29) is 17.3 Å². The van der Waals surface area contributed by atoms with E-state index in [0.29, 0.717) is 16.9 Å². The highest BCUT2D eigenvalue weighted by Gasteiger charge is 2.18. The molecular weight excluding hydrogens is 294 g/mol. The van der Waals surface area contributed by atoms with Crippen LogP contribution in [0.25, 0.3) is 0 Å². The highest BCUT2D eigenvalue weighted by molar-refractivity contribution is 6.31. The number of para-hydroxylation sites is 1. The van der Waals surface area contributed by atoms with Gasteiger partial charge >= 0.3 is 0 Å².